The molecule has 1 aliphatic heterocycles. The van der Waals surface area contributed by atoms with Crippen molar-refractivity contribution < 1.29 is 9.53 Å². The van der Waals surface area contributed by atoms with Crippen LogP contribution in [0.15, 0.2) is 18.2 Å². The minimum Gasteiger partial charge on any atom is -0.370 e. The molecule has 1 amide bonds. The monoisotopic (exact) mass is 368 g/mol. The summed E-state index contributed by atoms with van der Waals surface area (Å²) in [5.41, 5.74) is 0.923. The van der Waals surface area contributed by atoms with E-state index in [-0.39, 0.29) is 12.0 Å². The van der Waals surface area contributed by atoms with Crippen molar-refractivity contribution in [1.29, 1.82) is 0 Å². The van der Waals surface area contributed by atoms with Crippen molar-refractivity contribution in [2.45, 2.75) is 25.9 Å². The molecule has 8 heteroatoms. The number of H-pyrrole nitrogens is 1. The van der Waals surface area contributed by atoms with E-state index in [1.807, 2.05) is 17.9 Å². The molecule has 0 bridgehead atoms. The largest absolute Gasteiger partial charge is 0.370 e. The quantitative estimate of drug-likeness (QED) is 0.900. The zero-order valence-corrected chi connectivity index (χ0v) is 14.8. The molecule has 0 saturated carbocycles. The van der Waals surface area contributed by atoms with Gasteiger partial charge in [-0.3, -0.25) is 9.89 Å². The van der Waals surface area contributed by atoms with Crippen molar-refractivity contribution in [3.63, 3.8) is 0 Å². The van der Waals surface area contributed by atoms with Crippen LogP contribution in [0.3, 0.4) is 0 Å². The summed E-state index contributed by atoms with van der Waals surface area (Å²) in [6, 6.07) is 5.41. The van der Waals surface area contributed by atoms with Gasteiger partial charge in [0.25, 0.3) is 0 Å². The summed E-state index contributed by atoms with van der Waals surface area (Å²) in [5, 5.41) is 7.83. The van der Waals surface area contributed by atoms with Gasteiger partial charge in [0.15, 0.2) is 5.82 Å². The number of hydrogen-bond donors (Lipinski definition) is 1. The van der Waals surface area contributed by atoms with Crippen LogP contribution in [0.1, 0.15) is 29.7 Å². The number of carbonyl (C=O) groups is 1. The number of carbonyl (C=O) groups excluding carboxylic acids is 1. The highest BCUT2D eigenvalue weighted by Gasteiger charge is 2.25. The number of aromatic nitrogens is 3. The fourth-order valence-electron chi connectivity index (χ4n) is 2.67. The molecule has 1 aromatic carbocycles. The van der Waals surface area contributed by atoms with Gasteiger partial charge in [0.1, 0.15) is 11.9 Å². The van der Waals surface area contributed by atoms with Gasteiger partial charge in [-0.25, -0.2) is 4.98 Å². The predicted molar refractivity (Wildman–Crippen MR) is 91.2 cm³/mol. The minimum absolute atomic E-state index is 0.0748. The van der Waals surface area contributed by atoms with Crippen molar-refractivity contribution in [1.82, 2.24) is 20.1 Å². The van der Waals surface area contributed by atoms with E-state index in [1.165, 1.54) is 0 Å². The molecule has 6 nitrogen and oxygen atoms in total. The first-order valence-corrected chi connectivity index (χ1v) is 8.50. The third-order valence-electron chi connectivity index (χ3n) is 3.94. The van der Waals surface area contributed by atoms with E-state index in [0.717, 1.165) is 11.4 Å². The van der Waals surface area contributed by atoms with Crippen molar-refractivity contribution in [3.8, 4) is 0 Å². The van der Waals surface area contributed by atoms with Gasteiger partial charge in [-0.1, -0.05) is 29.3 Å². The molecule has 1 saturated heterocycles. The summed E-state index contributed by atoms with van der Waals surface area (Å²) in [6.07, 6.45) is 0.715. The molecule has 0 radical (unpaired) electrons. The Morgan fingerprint density at radius 2 is 2.25 bits per heavy atom. The number of halogens is 2. The van der Waals surface area contributed by atoms with Gasteiger partial charge in [0.05, 0.1) is 23.2 Å². The number of morpholine rings is 1. The van der Waals surface area contributed by atoms with Gasteiger partial charge in [-0.05, 0) is 24.6 Å². The Morgan fingerprint density at radius 1 is 1.42 bits per heavy atom. The first-order chi connectivity index (χ1) is 11.5. The molecule has 1 N–H and O–H groups in total. The molecule has 0 unspecified atom stereocenters. The fraction of sp³-hybridized carbons (Fsp3) is 0.438. The number of rotatable bonds is 4. The van der Waals surface area contributed by atoms with Gasteiger partial charge in [-0.2, -0.15) is 5.10 Å². The number of nitrogens with zero attached hydrogens (tertiary/aromatic N) is 3. The Morgan fingerprint density at radius 3 is 2.96 bits per heavy atom. The van der Waals surface area contributed by atoms with Crippen molar-refractivity contribution in [2.24, 2.45) is 0 Å². The normalized spacial score (nSPS) is 18.0. The maximum absolute atomic E-state index is 12.4. The van der Waals surface area contributed by atoms with Gasteiger partial charge >= 0.3 is 0 Å². The Balaban J connectivity index is 1.60. The van der Waals surface area contributed by atoms with Gasteiger partial charge < -0.3 is 9.64 Å². The van der Waals surface area contributed by atoms with Crippen LogP contribution in [-0.2, 0) is 16.0 Å². The molecular weight excluding hydrogens is 351 g/mol. The molecule has 3 rings (SSSR count). The summed E-state index contributed by atoms with van der Waals surface area (Å²) in [7, 11) is 0. The lowest BCUT2D eigenvalue weighted by Gasteiger charge is -2.33. The van der Waals surface area contributed by atoms with E-state index in [9.17, 15) is 4.79 Å². The number of nitrogens with one attached hydrogen (secondary N) is 1. The number of benzene rings is 1. The predicted octanol–water partition coefficient (Wildman–Crippen LogP) is 2.95. The van der Waals surface area contributed by atoms with Crippen LogP contribution < -0.4 is 0 Å². The van der Waals surface area contributed by atoms with Gasteiger partial charge in [0, 0.05) is 19.4 Å². The third kappa shape index (κ3) is 4.06. The second-order valence-corrected chi connectivity index (χ2v) is 6.52. The van der Waals surface area contributed by atoms with Crippen molar-refractivity contribution >= 4 is 29.1 Å². The molecule has 24 heavy (non-hydrogen) atoms. The maximum Gasteiger partial charge on any atom is 0.223 e. The number of hydrogen-bond acceptors (Lipinski definition) is 4. The maximum atomic E-state index is 12.4. The second-order valence-electron chi connectivity index (χ2n) is 5.71. The first-order valence-electron chi connectivity index (χ1n) is 7.75. The van der Waals surface area contributed by atoms with Crippen LogP contribution in [0.25, 0.3) is 0 Å². The number of aromatic amines is 1. The fourth-order valence-corrected chi connectivity index (χ4v) is 2.97. The molecular formula is C16H18Cl2N4O2. The van der Waals surface area contributed by atoms with Crippen LogP contribution >= 0.6 is 23.2 Å². The molecule has 1 aliphatic rings. The van der Waals surface area contributed by atoms with E-state index in [1.54, 1.807) is 12.1 Å². The van der Waals surface area contributed by atoms with Gasteiger partial charge in [0.2, 0.25) is 5.91 Å². The number of amides is 1. The average molecular weight is 369 g/mol. The molecule has 1 fully saturated rings. The second kappa shape index (κ2) is 7.51. The smallest absolute Gasteiger partial charge is 0.223 e. The van der Waals surface area contributed by atoms with Crippen LogP contribution in [0.5, 0.6) is 0 Å². The van der Waals surface area contributed by atoms with E-state index < -0.39 is 0 Å². The lowest BCUT2D eigenvalue weighted by molar-refractivity contribution is -0.139. The summed E-state index contributed by atoms with van der Waals surface area (Å²) in [6.45, 7) is 3.42. The van der Waals surface area contributed by atoms with E-state index in [2.05, 4.69) is 15.2 Å². The number of aryl methyl sites for hydroxylation is 2. The van der Waals surface area contributed by atoms with E-state index >= 15 is 0 Å². The summed E-state index contributed by atoms with van der Waals surface area (Å²) in [5.74, 6) is 1.49. The Bertz CT molecular complexity index is 735. The Labute approximate surface area is 150 Å². The Hall–Kier alpha value is -1.63. The lowest BCUT2D eigenvalue weighted by atomic mass is 10.1. The minimum atomic E-state index is -0.191. The summed E-state index contributed by atoms with van der Waals surface area (Å²) < 4.78 is 5.78. The van der Waals surface area contributed by atoms with E-state index in [0.29, 0.717) is 48.4 Å². The summed E-state index contributed by atoms with van der Waals surface area (Å²) >= 11 is 12.0. The zero-order valence-electron chi connectivity index (χ0n) is 13.3. The third-order valence-corrected chi connectivity index (χ3v) is 4.68. The molecule has 2 aromatic rings. The van der Waals surface area contributed by atoms with Gasteiger partial charge in [-0.15, -0.1) is 0 Å². The number of ether oxygens (including phenoxy) is 1. The van der Waals surface area contributed by atoms with Crippen LogP contribution in [0.2, 0.25) is 10.0 Å². The Kier molecular flexibility index (Phi) is 5.38. The van der Waals surface area contributed by atoms with Crippen LogP contribution in [0, 0.1) is 6.92 Å². The van der Waals surface area contributed by atoms with Crippen LogP contribution in [-0.4, -0.2) is 45.7 Å². The van der Waals surface area contributed by atoms with E-state index in [4.69, 9.17) is 27.9 Å². The van der Waals surface area contributed by atoms with Crippen molar-refractivity contribution in [2.75, 3.05) is 19.7 Å². The molecule has 1 aromatic heterocycles. The topological polar surface area (TPSA) is 71.1 Å². The highest BCUT2D eigenvalue weighted by Crippen LogP contribution is 2.29. The molecule has 0 aliphatic carbocycles. The lowest BCUT2D eigenvalue weighted by Crippen LogP contribution is -2.42. The molecule has 1 atom stereocenters. The standard InChI is InChI=1S/C16H18Cl2N4O2/c1-10-19-15(21-20-10)4-5-16(23)22-6-7-24-14(9-22)11-2-3-12(17)13(18)8-11/h2-3,8,14H,4-7,9H2,1H3,(H,19,20,21)/t14-/m1/s1. The van der Waals surface area contributed by atoms with Crippen LogP contribution in [0.4, 0.5) is 0 Å². The summed E-state index contributed by atoms with van der Waals surface area (Å²) in [4.78, 5) is 18.5. The highest BCUT2D eigenvalue weighted by atomic mass is 35.5. The first kappa shape index (κ1) is 17.2. The van der Waals surface area contributed by atoms with Crippen molar-refractivity contribution in [3.05, 3.63) is 45.5 Å². The average Bonchev–Trinajstić information content (AvgIpc) is 3.00. The molecule has 128 valence electrons. The zero-order chi connectivity index (χ0) is 17.1. The SMILES string of the molecule is Cc1nc(CCC(=O)N2CCO[C@@H](c3ccc(Cl)c(Cl)c3)C2)n[nH]1. The highest BCUT2D eigenvalue weighted by molar-refractivity contribution is 6.42. The molecule has 2 heterocycles. The molecule has 0 spiro atoms.